The van der Waals surface area contributed by atoms with E-state index in [-0.39, 0.29) is 0 Å². The molecule has 1 heterocycles. The van der Waals surface area contributed by atoms with Crippen molar-refractivity contribution in [3.8, 4) is 0 Å². The SMILES string of the molecule is C1CCC(N2CCCCC2)CC1.C=C(Cc1ccc(C)c(C)c1)CC(CC(C)CCC(C)CCC)C(=C)C.C=CCC.CC.CCCc1ccccc1C. The van der Waals surface area contributed by atoms with Gasteiger partial charge in [0.1, 0.15) is 0 Å². The number of likely N-dealkylation sites (tertiary alicyclic amines) is 1. The molecule has 4 rings (SSSR count). The molecule has 0 bridgehead atoms. The fourth-order valence-corrected chi connectivity index (χ4v) is 7.78. The van der Waals surface area contributed by atoms with E-state index in [0.717, 1.165) is 37.1 Å². The molecule has 1 saturated carbocycles. The van der Waals surface area contributed by atoms with Gasteiger partial charge in [-0.15, -0.1) is 6.58 Å². The number of allylic oxidation sites excluding steroid dienone is 3. The fourth-order valence-electron chi connectivity index (χ4n) is 7.78. The molecule has 3 atom stereocenters. The molecule has 0 spiro atoms. The van der Waals surface area contributed by atoms with Gasteiger partial charge in [-0.1, -0.05) is 179 Å². The normalized spacial score (nSPS) is 15.9. The Kier molecular flexibility index (Phi) is 31.4. The molecule has 1 nitrogen and oxygen atoms in total. The van der Waals surface area contributed by atoms with E-state index in [4.69, 9.17) is 0 Å². The van der Waals surface area contributed by atoms with E-state index >= 15 is 0 Å². The van der Waals surface area contributed by atoms with Crippen molar-refractivity contribution >= 4 is 0 Å². The first-order valence-electron chi connectivity index (χ1n) is 22.7. The predicted molar refractivity (Wildman–Crippen MR) is 248 cm³/mol. The van der Waals surface area contributed by atoms with E-state index in [1.165, 1.54) is 148 Å². The molecule has 2 fully saturated rings. The van der Waals surface area contributed by atoms with Gasteiger partial charge < -0.3 is 4.90 Å². The Labute approximate surface area is 339 Å². The molecule has 2 aromatic carbocycles. The maximum absolute atomic E-state index is 4.39. The molecule has 0 N–H and O–H groups in total. The number of aryl methyl sites for hydroxylation is 4. The molecule has 308 valence electrons. The highest BCUT2D eigenvalue weighted by molar-refractivity contribution is 5.32. The van der Waals surface area contributed by atoms with Gasteiger partial charge in [-0.05, 0) is 144 Å². The van der Waals surface area contributed by atoms with Crippen LogP contribution in [0.15, 0.2) is 79.4 Å². The monoisotopic (exact) mass is 742 g/mol. The van der Waals surface area contributed by atoms with E-state index in [1.807, 2.05) is 19.9 Å². The zero-order chi connectivity index (χ0) is 40.7. The minimum absolute atomic E-state index is 0.575. The largest absolute Gasteiger partial charge is 0.300 e. The van der Waals surface area contributed by atoms with Gasteiger partial charge in [0.25, 0.3) is 0 Å². The number of rotatable bonds is 16. The van der Waals surface area contributed by atoms with Crippen LogP contribution in [-0.2, 0) is 12.8 Å². The maximum atomic E-state index is 4.39. The summed E-state index contributed by atoms with van der Waals surface area (Å²) in [5, 5.41) is 0. The second-order valence-corrected chi connectivity index (χ2v) is 16.7. The number of benzene rings is 2. The standard InChI is InChI=1S/C26H42.C11H21N.C10H14.C4H8.C2H6/c1-9-10-20(4)11-12-21(5)16-26(19(2)3)17-22(6)15-25-14-13-23(7)24(8)18-25;1-3-7-11(8-4-1)12-9-5-2-6-10-12;1-3-6-10-8-5-4-7-9(10)2;1-3-4-2;1-2/h13-14,18,20-21,26H,2,6,9-12,15-17H2,1,3-5,7-8H3;11H,1-10H2;4-5,7-8H,3,6H2,1-2H3;3H,1,4H2,2H3;1-2H3. The van der Waals surface area contributed by atoms with Crippen molar-refractivity contribution in [2.75, 3.05) is 13.1 Å². The molecule has 1 saturated heterocycles. The molecule has 0 amide bonds. The molecular formula is C53H91N. The van der Waals surface area contributed by atoms with Crippen LogP contribution in [0.4, 0.5) is 0 Å². The van der Waals surface area contributed by atoms with Gasteiger partial charge in [0.05, 0.1) is 0 Å². The summed E-state index contributed by atoms with van der Waals surface area (Å²) in [7, 11) is 0. The molecule has 1 aliphatic heterocycles. The third-order valence-electron chi connectivity index (χ3n) is 11.4. The van der Waals surface area contributed by atoms with Crippen molar-refractivity contribution in [3.63, 3.8) is 0 Å². The van der Waals surface area contributed by atoms with Crippen molar-refractivity contribution in [1.29, 1.82) is 0 Å². The summed E-state index contributed by atoms with van der Waals surface area (Å²) in [5.41, 5.74) is 9.70. The van der Waals surface area contributed by atoms with Crippen molar-refractivity contribution in [1.82, 2.24) is 4.90 Å². The van der Waals surface area contributed by atoms with Crippen LogP contribution in [0.1, 0.15) is 186 Å². The quantitative estimate of drug-likeness (QED) is 0.155. The Morgan fingerprint density at radius 1 is 0.759 bits per heavy atom. The first kappa shape index (κ1) is 51.6. The van der Waals surface area contributed by atoms with Gasteiger partial charge in [-0.2, -0.15) is 0 Å². The number of piperidine rings is 1. The third-order valence-corrected chi connectivity index (χ3v) is 11.4. The highest BCUT2D eigenvalue weighted by atomic mass is 15.2. The molecule has 54 heavy (non-hydrogen) atoms. The molecule has 2 aliphatic rings. The molecular weight excluding hydrogens is 651 g/mol. The number of hydrogen-bond acceptors (Lipinski definition) is 1. The van der Waals surface area contributed by atoms with Gasteiger partial charge in [-0.3, -0.25) is 0 Å². The molecule has 0 radical (unpaired) electrons. The summed E-state index contributed by atoms with van der Waals surface area (Å²) in [6.45, 7) is 39.1. The van der Waals surface area contributed by atoms with Gasteiger partial charge in [0.15, 0.2) is 0 Å². The number of nitrogens with zero attached hydrogens (tertiary/aromatic N) is 1. The molecule has 0 aromatic heterocycles. The van der Waals surface area contributed by atoms with E-state index in [2.05, 4.69) is 129 Å². The Morgan fingerprint density at radius 3 is 1.89 bits per heavy atom. The summed E-state index contributed by atoms with van der Waals surface area (Å²) >= 11 is 0. The Morgan fingerprint density at radius 2 is 1.35 bits per heavy atom. The maximum Gasteiger partial charge on any atom is 0.00952 e. The predicted octanol–water partition coefficient (Wildman–Crippen LogP) is 16.6. The van der Waals surface area contributed by atoms with Crippen LogP contribution < -0.4 is 0 Å². The average Bonchev–Trinajstić information content (AvgIpc) is 3.18. The van der Waals surface area contributed by atoms with E-state index < -0.39 is 0 Å². The van der Waals surface area contributed by atoms with Crippen LogP contribution in [0.2, 0.25) is 0 Å². The van der Waals surface area contributed by atoms with Gasteiger partial charge in [-0.25, -0.2) is 0 Å². The van der Waals surface area contributed by atoms with Crippen LogP contribution in [0.5, 0.6) is 0 Å². The molecule has 1 aliphatic carbocycles. The zero-order valence-electron chi connectivity index (χ0n) is 38.1. The summed E-state index contributed by atoms with van der Waals surface area (Å²) < 4.78 is 0. The Hall–Kier alpha value is -2.38. The second-order valence-electron chi connectivity index (χ2n) is 16.7. The highest BCUT2D eigenvalue weighted by Gasteiger charge is 2.22. The second kappa shape index (κ2) is 32.8. The van der Waals surface area contributed by atoms with Gasteiger partial charge >= 0.3 is 0 Å². The first-order chi connectivity index (χ1) is 25.9. The minimum Gasteiger partial charge on any atom is -0.300 e. The van der Waals surface area contributed by atoms with E-state index in [9.17, 15) is 0 Å². The topological polar surface area (TPSA) is 3.24 Å². The van der Waals surface area contributed by atoms with Crippen LogP contribution in [0.3, 0.4) is 0 Å². The summed E-state index contributed by atoms with van der Waals surface area (Å²) in [4.78, 5) is 2.75. The Bertz CT molecular complexity index is 1210. The van der Waals surface area contributed by atoms with Gasteiger partial charge in [0.2, 0.25) is 0 Å². The third kappa shape index (κ3) is 24.2. The lowest BCUT2D eigenvalue weighted by Crippen LogP contribution is -2.40. The van der Waals surface area contributed by atoms with Crippen molar-refractivity contribution in [2.45, 2.75) is 198 Å². The van der Waals surface area contributed by atoms with E-state index in [1.54, 1.807) is 0 Å². The smallest absolute Gasteiger partial charge is 0.00952 e. The van der Waals surface area contributed by atoms with Crippen molar-refractivity contribution in [2.24, 2.45) is 17.8 Å². The first-order valence-corrected chi connectivity index (χ1v) is 22.7. The number of hydrogen-bond donors (Lipinski definition) is 0. The summed E-state index contributed by atoms with van der Waals surface area (Å²) in [5.74, 6) is 2.21. The summed E-state index contributed by atoms with van der Waals surface area (Å²) in [6.07, 6.45) is 25.9. The van der Waals surface area contributed by atoms with Crippen molar-refractivity contribution < 1.29 is 0 Å². The van der Waals surface area contributed by atoms with Crippen LogP contribution in [0.25, 0.3) is 0 Å². The van der Waals surface area contributed by atoms with E-state index in [0.29, 0.717) is 5.92 Å². The lowest BCUT2D eigenvalue weighted by Gasteiger charge is -2.36. The highest BCUT2D eigenvalue weighted by Crippen LogP contribution is 2.30. The van der Waals surface area contributed by atoms with Crippen LogP contribution >= 0.6 is 0 Å². The minimum atomic E-state index is 0.575. The lowest BCUT2D eigenvalue weighted by molar-refractivity contribution is 0.131. The Balaban J connectivity index is 0.000000819. The van der Waals surface area contributed by atoms with Gasteiger partial charge in [0, 0.05) is 6.04 Å². The fraction of sp³-hybridized carbons (Fsp3) is 0.660. The average molecular weight is 742 g/mol. The zero-order valence-corrected chi connectivity index (χ0v) is 38.1. The molecule has 2 aromatic rings. The lowest BCUT2D eigenvalue weighted by atomic mass is 9.82. The van der Waals surface area contributed by atoms with Crippen LogP contribution in [0, 0.1) is 38.5 Å². The van der Waals surface area contributed by atoms with Crippen LogP contribution in [-0.4, -0.2) is 24.0 Å². The molecule has 1 heteroatoms. The summed E-state index contributed by atoms with van der Waals surface area (Å²) in [6, 6.07) is 16.3. The van der Waals surface area contributed by atoms with Crippen molar-refractivity contribution in [3.05, 3.63) is 107 Å². The molecule has 3 unspecified atom stereocenters.